The minimum absolute atomic E-state index is 0. The summed E-state index contributed by atoms with van der Waals surface area (Å²) in [5.74, 6) is 0.603. The molecule has 0 aromatic heterocycles. The molecular formula is C22H34Cl2N2O4. The number of phenolic OH excluding ortho intramolecular Hbond substituents is 2. The molecule has 0 radical (unpaired) electrons. The van der Waals surface area contributed by atoms with Gasteiger partial charge in [0.05, 0.1) is 14.2 Å². The Morgan fingerprint density at radius 2 is 1.07 bits per heavy atom. The van der Waals surface area contributed by atoms with Gasteiger partial charge in [0.15, 0.2) is 23.0 Å². The van der Waals surface area contributed by atoms with Crippen molar-refractivity contribution in [2.75, 3.05) is 14.2 Å². The van der Waals surface area contributed by atoms with Gasteiger partial charge in [-0.05, 0) is 61.1 Å². The van der Waals surface area contributed by atoms with Crippen LogP contribution in [-0.2, 0) is 12.8 Å². The number of methoxy groups -OCH3 is 2. The van der Waals surface area contributed by atoms with Gasteiger partial charge < -0.3 is 31.2 Å². The van der Waals surface area contributed by atoms with Crippen LogP contribution < -0.4 is 20.9 Å². The number of halogens is 2. The summed E-state index contributed by atoms with van der Waals surface area (Å²) in [5.41, 5.74) is 15.0. The molecule has 0 saturated heterocycles. The minimum Gasteiger partial charge on any atom is -0.504 e. The van der Waals surface area contributed by atoms with Crippen LogP contribution in [0.2, 0.25) is 0 Å². The SMILES string of the molecule is CCC(N)Cc1cc(OC)c(O)c(-c2cc(CC(N)CC)cc(OC)c2O)c1.Cl.Cl. The lowest BCUT2D eigenvalue weighted by atomic mass is 9.94. The van der Waals surface area contributed by atoms with Gasteiger partial charge in [-0.25, -0.2) is 0 Å². The molecule has 0 amide bonds. The van der Waals surface area contributed by atoms with Crippen LogP contribution in [0, 0.1) is 0 Å². The number of phenols is 2. The zero-order valence-electron chi connectivity index (χ0n) is 18.0. The number of rotatable bonds is 9. The first-order chi connectivity index (χ1) is 13.3. The first-order valence-electron chi connectivity index (χ1n) is 9.65. The lowest BCUT2D eigenvalue weighted by Crippen LogP contribution is -2.21. The van der Waals surface area contributed by atoms with Crippen LogP contribution in [0.15, 0.2) is 24.3 Å². The van der Waals surface area contributed by atoms with E-state index in [0.29, 0.717) is 35.5 Å². The molecule has 0 spiro atoms. The normalized spacial score (nSPS) is 12.3. The predicted octanol–water partition coefficient (Wildman–Crippen LogP) is 4.19. The molecule has 0 aliphatic heterocycles. The molecule has 2 rings (SSSR count). The van der Waals surface area contributed by atoms with Gasteiger partial charge in [-0.15, -0.1) is 24.8 Å². The molecule has 6 N–H and O–H groups in total. The molecule has 0 saturated carbocycles. The Morgan fingerprint density at radius 1 is 0.733 bits per heavy atom. The molecule has 0 heterocycles. The third kappa shape index (κ3) is 6.57. The van der Waals surface area contributed by atoms with E-state index in [1.165, 1.54) is 14.2 Å². The Morgan fingerprint density at radius 3 is 1.33 bits per heavy atom. The van der Waals surface area contributed by atoms with E-state index in [2.05, 4.69) is 0 Å². The topological polar surface area (TPSA) is 111 Å². The maximum Gasteiger partial charge on any atom is 0.165 e. The van der Waals surface area contributed by atoms with E-state index in [0.717, 1.165) is 24.0 Å². The van der Waals surface area contributed by atoms with Gasteiger partial charge in [0.2, 0.25) is 0 Å². The van der Waals surface area contributed by atoms with Crippen molar-refractivity contribution in [2.24, 2.45) is 11.5 Å². The summed E-state index contributed by atoms with van der Waals surface area (Å²) in [6.45, 7) is 4.06. The molecule has 2 atom stereocenters. The van der Waals surface area contributed by atoms with Crippen LogP contribution in [0.1, 0.15) is 37.8 Å². The van der Waals surface area contributed by atoms with Crippen LogP contribution >= 0.6 is 24.8 Å². The van der Waals surface area contributed by atoms with E-state index < -0.39 is 0 Å². The number of aromatic hydroxyl groups is 2. The highest BCUT2D eigenvalue weighted by Crippen LogP contribution is 2.45. The Kier molecular flexibility index (Phi) is 12.0. The summed E-state index contributed by atoms with van der Waals surface area (Å²) in [4.78, 5) is 0. The summed E-state index contributed by atoms with van der Waals surface area (Å²) in [6, 6.07) is 7.23. The molecule has 170 valence electrons. The zero-order chi connectivity index (χ0) is 20.8. The van der Waals surface area contributed by atoms with Crippen LogP contribution in [0.4, 0.5) is 0 Å². The lowest BCUT2D eigenvalue weighted by molar-refractivity contribution is 0.370. The lowest BCUT2D eigenvalue weighted by Gasteiger charge is -2.18. The minimum atomic E-state index is -0.0365. The Hall–Kier alpha value is -1.86. The number of hydrogen-bond donors (Lipinski definition) is 4. The second-order valence-electron chi connectivity index (χ2n) is 7.13. The first-order valence-corrected chi connectivity index (χ1v) is 9.65. The summed E-state index contributed by atoms with van der Waals surface area (Å²) in [7, 11) is 3.00. The smallest absolute Gasteiger partial charge is 0.165 e. The molecule has 30 heavy (non-hydrogen) atoms. The molecule has 2 aromatic carbocycles. The van der Waals surface area contributed by atoms with E-state index in [1.807, 2.05) is 26.0 Å². The molecule has 0 aliphatic rings. The summed E-state index contributed by atoms with van der Waals surface area (Å²) < 4.78 is 10.7. The fourth-order valence-electron chi connectivity index (χ4n) is 3.18. The van der Waals surface area contributed by atoms with Crippen molar-refractivity contribution < 1.29 is 19.7 Å². The van der Waals surface area contributed by atoms with Gasteiger partial charge in [-0.2, -0.15) is 0 Å². The largest absolute Gasteiger partial charge is 0.504 e. The van der Waals surface area contributed by atoms with E-state index in [1.54, 1.807) is 12.1 Å². The molecular weight excluding hydrogens is 427 g/mol. The van der Waals surface area contributed by atoms with Crippen molar-refractivity contribution in [3.05, 3.63) is 35.4 Å². The van der Waals surface area contributed by atoms with Crippen molar-refractivity contribution in [2.45, 2.75) is 51.6 Å². The maximum absolute atomic E-state index is 10.7. The standard InChI is InChI=1S/C22H32N2O4.2ClH/c1-5-15(23)7-13-9-17(21(25)19(11-13)27-3)18-10-14(8-16(24)6-2)12-20(28-4)22(18)26;;/h9-12,15-16,25-26H,5-8,23-24H2,1-4H3;2*1H. The molecule has 0 fully saturated rings. The first kappa shape index (κ1) is 28.1. The third-order valence-corrected chi connectivity index (χ3v) is 5.04. The number of benzene rings is 2. The van der Waals surface area contributed by atoms with Crippen molar-refractivity contribution in [3.63, 3.8) is 0 Å². The number of ether oxygens (including phenoxy) is 2. The van der Waals surface area contributed by atoms with Crippen molar-refractivity contribution in [3.8, 4) is 34.1 Å². The van der Waals surface area contributed by atoms with Crippen LogP contribution in [0.25, 0.3) is 11.1 Å². The summed E-state index contributed by atoms with van der Waals surface area (Å²) in [5, 5.41) is 21.5. The highest BCUT2D eigenvalue weighted by atomic mass is 35.5. The van der Waals surface area contributed by atoms with Crippen molar-refractivity contribution in [1.29, 1.82) is 0 Å². The van der Waals surface area contributed by atoms with Crippen LogP contribution in [0.5, 0.6) is 23.0 Å². The Bertz CT molecular complexity index is 751. The van der Waals surface area contributed by atoms with Crippen molar-refractivity contribution >= 4 is 24.8 Å². The van der Waals surface area contributed by atoms with E-state index in [-0.39, 0.29) is 48.4 Å². The second kappa shape index (κ2) is 12.7. The van der Waals surface area contributed by atoms with Crippen molar-refractivity contribution in [1.82, 2.24) is 0 Å². The van der Waals surface area contributed by atoms with Crippen LogP contribution in [-0.4, -0.2) is 36.5 Å². The Balaban J connectivity index is 0.00000420. The van der Waals surface area contributed by atoms with E-state index in [9.17, 15) is 10.2 Å². The quantitative estimate of drug-likeness (QED) is 0.446. The maximum atomic E-state index is 10.7. The van der Waals surface area contributed by atoms with Gasteiger partial charge in [-0.3, -0.25) is 0 Å². The highest BCUT2D eigenvalue weighted by molar-refractivity contribution is 5.85. The molecule has 2 unspecified atom stereocenters. The summed E-state index contributed by atoms with van der Waals surface area (Å²) in [6.07, 6.45) is 2.95. The predicted molar refractivity (Wildman–Crippen MR) is 127 cm³/mol. The average Bonchev–Trinajstić information content (AvgIpc) is 2.70. The average molecular weight is 461 g/mol. The number of nitrogens with two attached hydrogens (primary N) is 2. The van der Waals surface area contributed by atoms with E-state index in [4.69, 9.17) is 20.9 Å². The molecule has 0 aliphatic carbocycles. The highest BCUT2D eigenvalue weighted by Gasteiger charge is 2.20. The fourth-order valence-corrected chi connectivity index (χ4v) is 3.18. The Labute approximate surface area is 191 Å². The number of hydrogen-bond acceptors (Lipinski definition) is 6. The molecule has 8 heteroatoms. The molecule has 2 aromatic rings. The monoisotopic (exact) mass is 460 g/mol. The zero-order valence-corrected chi connectivity index (χ0v) is 19.6. The third-order valence-electron chi connectivity index (χ3n) is 5.04. The van der Waals surface area contributed by atoms with Gasteiger partial charge in [-0.1, -0.05) is 13.8 Å². The van der Waals surface area contributed by atoms with Gasteiger partial charge >= 0.3 is 0 Å². The summed E-state index contributed by atoms with van der Waals surface area (Å²) >= 11 is 0. The second-order valence-corrected chi connectivity index (χ2v) is 7.13. The molecule has 6 nitrogen and oxygen atoms in total. The van der Waals surface area contributed by atoms with Gasteiger partial charge in [0, 0.05) is 23.2 Å². The molecule has 0 bridgehead atoms. The van der Waals surface area contributed by atoms with Crippen LogP contribution in [0.3, 0.4) is 0 Å². The van der Waals surface area contributed by atoms with E-state index >= 15 is 0 Å². The van der Waals surface area contributed by atoms with Gasteiger partial charge in [0.1, 0.15) is 0 Å². The van der Waals surface area contributed by atoms with Gasteiger partial charge in [0.25, 0.3) is 0 Å². The fraction of sp³-hybridized carbons (Fsp3) is 0.455.